The van der Waals surface area contributed by atoms with E-state index < -0.39 is 0 Å². The maximum Gasteiger partial charge on any atom is 0.140 e. The van der Waals surface area contributed by atoms with Crippen molar-refractivity contribution in [2.45, 2.75) is 19.8 Å². The van der Waals surface area contributed by atoms with Gasteiger partial charge in [-0.05, 0) is 38.4 Å². The zero-order valence-electron chi connectivity index (χ0n) is 9.35. The average molecular weight is 223 g/mol. The van der Waals surface area contributed by atoms with E-state index in [2.05, 4.69) is 11.9 Å². The van der Waals surface area contributed by atoms with Crippen molar-refractivity contribution in [3.63, 3.8) is 0 Å². The van der Waals surface area contributed by atoms with Crippen molar-refractivity contribution in [3.8, 4) is 5.75 Å². The van der Waals surface area contributed by atoms with Crippen LogP contribution in [-0.4, -0.2) is 20.2 Å². The first-order valence-electron chi connectivity index (χ1n) is 5.29. The fourth-order valence-corrected chi connectivity index (χ4v) is 3.23. The van der Waals surface area contributed by atoms with E-state index in [-0.39, 0.29) is 0 Å². The minimum absolute atomic E-state index is 1.05. The first-order valence-corrected chi connectivity index (χ1v) is 6.10. The lowest BCUT2D eigenvalue weighted by atomic mass is 10.1. The lowest BCUT2D eigenvalue weighted by molar-refractivity contribution is 0.410. The van der Waals surface area contributed by atoms with Gasteiger partial charge in [0.15, 0.2) is 0 Å². The summed E-state index contributed by atoms with van der Waals surface area (Å²) < 4.78 is 5.52. The summed E-state index contributed by atoms with van der Waals surface area (Å²) in [4.78, 5) is 2.69. The lowest BCUT2D eigenvalue weighted by Crippen LogP contribution is -2.16. The lowest BCUT2D eigenvalue weighted by Gasteiger charge is -2.05. The van der Waals surface area contributed by atoms with Crippen molar-refractivity contribution in [1.29, 1.82) is 0 Å². The molecular formula is C12H17NOS. The molecule has 1 aromatic rings. The van der Waals surface area contributed by atoms with Gasteiger partial charge in [-0.25, -0.2) is 0 Å². The number of rotatable bonds is 2. The summed E-state index contributed by atoms with van der Waals surface area (Å²) >= 11 is 1.84. The molecule has 82 valence electrons. The number of thiophene rings is 1. The summed E-state index contributed by atoms with van der Waals surface area (Å²) in [6.45, 7) is 8.19. The zero-order valence-corrected chi connectivity index (χ0v) is 10.2. The molecule has 2 nitrogen and oxygen atoms in total. The molecule has 1 aliphatic heterocycles. The van der Waals surface area contributed by atoms with Crippen LogP contribution in [0.4, 0.5) is 0 Å². The van der Waals surface area contributed by atoms with Crippen LogP contribution in [0.5, 0.6) is 5.75 Å². The van der Waals surface area contributed by atoms with Crippen LogP contribution in [-0.2, 0) is 12.8 Å². The van der Waals surface area contributed by atoms with Crippen molar-refractivity contribution in [1.82, 2.24) is 5.32 Å². The van der Waals surface area contributed by atoms with Gasteiger partial charge in [0.05, 0.1) is 12.0 Å². The molecule has 0 radical (unpaired) electrons. The molecule has 2 heterocycles. The maximum absolute atomic E-state index is 5.52. The third-order valence-electron chi connectivity index (χ3n) is 2.71. The molecular weight excluding hydrogens is 206 g/mol. The van der Waals surface area contributed by atoms with Crippen molar-refractivity contribution >= 4 is 16.9 Å². The fourth-order valence-electron chi connectivity index (χ4n) is 1.99. The monoisotopic (exact) mass is 223 g/mol. The van der Waals surface area contributed by atoms with Crippen molar-refractivity contribution in [2.24, 2.45) is 0 Å². The molecule has 0 amide bonds. The van der Waals surface area contributed by atoms with Crippen LogP contribution in [0.15, 0.2) is 6.58 Å². The molecule has 0 saturated heterocycles. The average Bonchev–Trinajstić information content (AvgIpc) is 2.40. The molecule has 0 fully saturated rings. The SMILES string of the molecule is C=C(C)c1sc2c(c1OC)CCNCC2. The molecule has 1 aromatic heterocycles. The highest BCUT2D eigenvalue weighted by molar-refractivity contribution is 7.13. The molecule has 0 saturated carbocycles. The Balaban J connectivity index is 2.47. The minimum Gasteiger partial charge on any atom is -0.495 e. The second-order valence-corrected chi connectivity index (χ2v) is 5.00. The highest BCUT2D eigenvalue weighted by atomic mass is 32.1. The highest BCUT2D eigenvalue weighted by Crippen LogP contribution is 2.40. The van der Waals surface area contributed by atoms with Crippen LogP contribution in [0.2, 0.25) is 0 Å². The summed E-state index contributed by atoms with van der Waals surface area (Å²) in [6.07, 6.45) is 2.19. The quantitative estimate of drug-likeness (QED) is 0.831. The second-order valence-electron chi connectivity index (χ2n) is 3.90. The van der Waals surface area contributed by atoms with E-state index in [9.17, 15) is 0 Å². The topological polar surface area (TPSA) is 21.3 Å². The first-order chi connectivity index (χ1) is 7.24. The molecule has 0 atom stereocenters. The summed E-state index contributed by atoms with van der Waals surface area (Å²) in [5.41, 5.74) is 2.50. The molecule has 0 aromatic carbocycles. The van der Waals surface area contributed by atoms with Gasteiger partial charge >= 0.3 is 0 Å². The predicted molar refractivity (Wildman–Crippen MR) is 65.9 cm³/mol. The Morgan fingerprint density at radius 1 is 1.40 bits per heavy atom. The van der Waals surface area contributed by atoms with E-state index in [0.717, 1.165) is 37.3 Å². The number of methoxy groups -OCH3 is 1. The van der Waals surface area contributed by atoms with Gasteiger partial charge in [-0.1, -0.05) is 6.58 Å². The van der Waals surface area contributed by atoms with Gasteiger partial charge in [-0.2, -0.15) is 0 Å². The van der Waals surface area contributed by atoms with Gasteiger partial charge in [0.1, 0.15) is 5.75 Å². The minimum atomic E-state index is 1.05. The molecule has 3 heteroatoms. The van der Waals surface area contributed by atoms with E-state index in [1.807, 2.05) is 18.3 Å². The Morgan fingerprint density at radius 2 is 2.13 bits per heavy atom. The molecule has 1 aliphatic rings. The summed E-state index contributed by atoms with van der Waals surface area (Å²) in [7, 11) is 1.76. The molecule has 0 spiro atoms. The number of ether oxygens (including phenoxy) is 1. The number of hydrogen-bond donors (Lipinski definition) is 1. The van der Waals surface area contributed by atoms with Crippen LogP contribution in [0, 0.1) is 0 Å². The number of fused-ring (bicyclic) bond motifs is 1. The van der Waals surface area contributed by atoms with Crippen LogP contribution in [0.3, 0.4) is 0 Å². The third kappa shape index (κ3) is 1.94. The molecule has 2 rings (SSSR count). The van der Waals surface area contributed by atoms with Crippen molar-refractivity contribution in [2.75, 3.05) is 20.2 Å². The van der Waals surface area contributed by atoms with Gasteiger partial charge in [0.25, 0.3) is 0 Å². The summed E-state index contributed by atoms with van der Waals surface area (Å²) in [5.74, 6) is 1.06. The molecule has 1 N–H and O–H groups in total. The Labute approximate surface area is 95.0 Å². The van der Waals surface area contributed by atoms with Crippen molar-refractivity contribution < 1.29 is 4.74 Å². The van der Waals surface area contributed by atoms with E-state index in [0.29, 0.717) is 0 Å². The van der Waals surface area contributed by atoms with Gasteiger partial charge < -0.3 is 10.1 Å². The van der Waals surface area contributed by atoms with Gasteiger partial charge in [0.2, 0.25) is 0 Å². The molecule has 0 bridgehead atoms. The van der Waals surface area contributed by atoms with Gasteiger partial charge in [-0.3, -0.25) is 0 Å². The van der Waals surface area contributed by atoms with E-state index in [1.165, 1.54) is 15.3 Å². The van der Waals surface area contributed by atoms with Crippen LogP contribution < -0.4 is 10.1 Å². The number of hydrogen-bond acceptors (Lipinski definition) is 3. The summed E-state index contributed by atoms with van der Waals surface area (Å²) in [5, 5.41) is 3.41. The van der Waals surface area contributed by atoms with Gasteiger partial charge in [0, 0.05) is 10.4 Å². The smallest absolute Gasteiger partial charge is 0.140 e. The van der Waals surface area contributed by atoms with E-state index in [1.54, 1.807) is 7.11 Å². The number of allylic oxidation sites excluding steroid dienone is 1. The second kappa shape index (κ2) is 4.37. The maximum atomic E-state index is 5.52. The van der Waals surface area contributed by atoms with Crippen molar-refractivity contribution in [3.05, 3.63) is 21.9 Å². The Bertz CT molecular complexity index is 381. The number of nitrogens with one attached hydrogen (secondary N) is 1. The van der Waals surface area contributed by atoms with E-state index in [4.69, 9.17) is 4.74 Å². The largest absolute Gasteiger partial charge is 0.495 e. The fraction of sp³-hybridized carbons (Fsp3) is 0.500. The Kier molecular flexibility index (Phi) is 3.12. The third-order valence-corrected chi connectivity index (χ3v) is 4.15. The van der Waals surface area contributed by atoms with Crippen LogP contribution in [0.1, 0.15) is 22.2 Å². The Hall–Kier alpha value is -0.800. The highest BCUT2D eigenvalue weighted by Gasteiger charge is 2.20. The molecule has 0 aliphatic carbocycles. The predicted octanol–water partition coefficient (Wildman–Crippen LogP) is 2.48. The van der Waals surface area contributed by atoms with Crippen LogP contribution >= 0.6 is 11.3 Å². The van der Waals surface area contributed by atoms with E-state index >= 15 is 0 Å². The first kappa shape index (κ1) is 10.7. The standard InChI is InChI=1S/C12H17NOS/c1-8(2)12-11(14-3)9-4-6-13-7-5-10(9)15-12/h13H,1,4-7H2,2-3H3. The van der Waals surface area contributed by atoms with Gasteiger partial charge in [-0.15, -0.1) is 11.3 Å². The normalized spacial score (nSPS) is 15.6. The zero-order chi connectivity index (χ0) is 10.8. The molecule has 0 unspecified atom stereocenters. The Morgan fingerprint density at radius 3 is 2.80 bits per heavy atom. The molecule has 15 heavy (non-hydrogen) atoms. The summed E-state index contributed by atoms with van der Waals surface area (Å²) in [6, 6.07) is 0. The van der Waals surface area contributed by atoms with Crippen LogP contribution in [0.25, 0.3) is 5.57 Å².